The molecule has 0 radical (unpaired) electrons. The largest absolute Gasteiger partial charge is 0.462 e. The standard InChI is InChI=1S/C23H22N2O5S2/c1-2-30-23(27)16-9-11-19(12-10-16)24-22(26)20-14-17-6-3-4-7-18(17)15-25(20)32(28,29)21-8-5-13-31-21/h3-13,20H,2,14-15H2,1H3,(H,24,26)/t20-/m0/s1. The molecule has 0 bridgehead atoms. The third-order valence-corrected chi connectivity index (χ3v) is 8.46. The van der Waals surface area contributed by atoms with E-state index in [0.717, 1.165) is 22.5 Å². The number of fused-ring (bicyclic) bond motifs is 1. The first-order chi connectivity index (χ1) is 15.4. The molecule has 4 rings (SSSR count). The van der Waals surface area contributed by atoms with Gasteiger partial charge in [0.2, 0.25) is 5.91 Å². The molecule has 1 N–H and O–H groups in total. The van der Waals surface area contributed by atoms with Crippen LogP contribution < -0.4 is 5.32 Å². The molecule has 1 amide bonds. The van der Waals surface area contributed by atoms with E-state index >= 15 is 0 Å². The summed E-state index contributed by atoms with van der Waals surface area (Å²) >= 11 is 1.13. The van der Waals surface area contributed by atoms with Crippen LogP contribution in [-0.4, -0.2) is 37.2 Å². The number of amides is 1. The summed E-state index contributed by atoms with van der Waals surface area (Å²) in [5.41, 5.74) is 2.67. The van der Waals surface area contributed by atoms with Crippen molar-refractivity contribution in [3.63, 3.8) is 0 Å². The number of esters is 1. The molecule has 3 aromatic rings. The number of nitrogens with zero attached hydrogens (tertiary/aromatic N) is 1. The molecule has 1 aromatic heterocycles. The first-order valence-electron chi connectivity index (χ1n) is 10.1. The second-order valence-corrected chi connectivity index (χ2v) is 10.3. The predicted molar refractivity (Wildman–Crippen MR) is 122 cm³/mol. The molecule has 1 aliphatic heterocycles. The van der Waals surface area contributed by atoms with Gasteiger partial charge in [-0.05, 0) is 60.2 Å². The first kappa shape index (κ1) is 22.2. The molecule has 0 saturated heterocycles. The van der Waals surface area contributed by atoms with Gasteiger partial charge in [-0.15, -0.1) is 11.3 Å². The van der Waals surface area contributed by atoms with Crippen LogP contribution in [0.2, 0.25) is 0 Å². The maximum absolute atomic E-state index is 13.3. The Hall–Kier alpha value is -3.01. The summed E-state index contributed by atoms with van der Waals surface area (Å²) in [5.74, 6) is -0.869. The minimum atomic E-state index is -3.84. The highest BCUT2D eigenvalue weighted by molar-refractivity contribution is 7.91. The second kappa shape index (κ2) is 9.23. The van der Waals surface area contributed by atoms with E-state index < -0.39 is 27.9 Å². The lowest BCUT2D eigenvalue weighted by Crippen LogP contribution is -2.50. The highest BCUT2D eigenvalue weighted by Crippen LogP contribution is 2.31. The molecule has 0 unspecified atom stereocenters. The van der Waals surface area contributed by atoms with Gasteiger partial charge in [0.1, 0.15) is 10.3 Å². The van der Waals surface area contributed by atoms with E-state index in [9.17, 15) is 18.0 Å². The Bertz CT molecular complexity index is 1220. The smallest absolute Gasteiger partial charge is 0.338 e. The van der Waals surface area contributed by atoms with E-state index in [-0.39, 0.29) is 23.8 Å². The maximum atomic E-state index is 13.3. The number of benzene rings is 2. The Morgan fingerprint density at radius 3 is 2.44 bits per heavy atom. The average molecular weight is 471 g/mol. The van der Waals surface area contributed by atoms with E-state index in [0.29, 0.717) is 11.3 Å². The van der Waals surface area contributed by atoms with E-state index in [1.807, 2.05) is 24.3 Å². The topological polar surface area (TPSA) is 92.8 Å². The van der Waals surface area contributed by atoms with Crippen molar-refractivity contribution < 1.29 is 22.7 Å². The van der Waals surface area contributed by atoms with Crippen molar-refractivity contribution in [2.45, 2.75) is 30.1 Å². The molecule has 0 saturated carbocycles. The van der Waals surface area contributed by atoms with Gasteiger partial charge in [-0.25, -0.2) is 13.2 Å². The summed E-state index contributed by atoms with van der Waals surface area (Å²) in [7, 11) is -3.84. The van der Waals surface area contributed by atoms with E-state index in [4.69, 9.17) is 4.74 Å². The van der Waals surface area contributed by atoms with Gasteiger partial charge < -0.3 is 10.1 Å². The molecule has 1 atom stereocenters. The molecule has 9 heteroatoms. The lowest BCUT2D eigenvalue weighted by molar-refractivity contribution is -0.120. The molecule has 2 heterocycles. The van der Waals surface area contributed by atoms with Gasteiger partial charge in [0.15, 0.2) is 0 Å². The molecular formula is C23H22N2O5S2. The SMILES string of the molecule is CCOC(=O)c1ccc(NC(=O)[C@@H]2Cc3ccccc3CN2S(=O)(=O)c2cccs2)cc1. The molecule has 0 spiro atoms. The van der Waals surface area contributed by atoms with E-state index in [1.54, 1.807) is 48.7 Å². The highest BCUT2D eigenvalue weighted by atomic mass is 32.2. The molecule has 166 valence electrons. The minimum absolute atomic E-state index is 0.121. The second-order valence-electron chi connectivity index (χ2n) is 7.26. The summed E-state index contributed by atoms with van der Waals surface area (Å²) in [6.07, 6.45) is 0.271. The van der Waals surface area contributed by atoms with Gasteiger partial charge in [-0.1, -0.05) is 30.3 Å². The maximum Gasteiger partial charge on any atom is 0.338 e. The van der Waals surface area contributed by atoms with Crippen LogP contribution in [0, 0.1) is 0 Å². The fourth-order valence-electron chi connectivity index (χ4n) is 3.63. The number of thiophene rings is 1. The third-order valence-electron chi connectivity index (χ3n) is 5.23. The predicted octanol–water partition coefficient (Wildman–Crippen LogP) is 3.68. The number of hydrogen-bond acceptors (Lipinski definition) is 6. The van der Waals surface area contributed by atoms with Crippen molar-refractivity contribution in [1.29, 1.82) is 0 Å². The van der Waals surface area contributed by atoms with Crippen LogP contribution in [0.4, 0.5) is 5.69 Å². The normalized spacial score (nSPS) is 16.2. The zero-order chi connectivity index (χ0) is 22.7. The summed E-state index contributed by atoms with van der Waals surface area (Å²) in [4.78, 5) is 25.0. The van der Waals surface area contributed by atoms with Crippen LogP contribution in [0.1, 0.15) is 28.4 Å². The van der Waals surface area contributed by atoms with Crippen LogP contribution in [-0.2, 0) is 32.5 Å². The number of rotatable bonds is 6. The fraction of sp³-hybridized carbons (Fsp3) is 0.217. The zero-order valence-electron chi connectivity index (χ0n) is 17.4. The van der Waals surface area contributed by atoms with Crippen molar-refractivity contribution >= 4 is 38.9 Å². The highest BCUT2D eigenvalue weighted by Gasteiger charge is 2.40. The quantitative estimate of drug-likeness (QED) is 0.555. The Balaban J connectivity index is 1.60. The first-order valence-corrected chi connectivity index (χ1v) is 12.4. The molecule has 0 fully saturated rings. The van der Waals surface area contributed by atoms with Gasteiger partial charge in [0.05, 0.1) is 12.2 Å². The Labute approximate surface area is 190 Å². The van der Waals surface area contributed by atoms with E-state index in [2.05, 4.69) is 5.32 Å². The minimum Gasteiger partial charge on any atom is -0.462 e. The van der Waals surface area contributed by atoms with Crippen molar-refractivity contribution in [2.24, 2.45) is 0 Å². The Kier molecular flexibility index (Phi) is 6.40. The number of sulfonamides is 1. The van der Waals surface area contributed by atoms with Gasteiger partial charge in [0.25, 0.3) is 10.0 Å². The third kappa shape index (κ3) is 4.45. The van der Waals surface area contributed by atoms with Crippen LogP contribution in [0.3, 0.4) is 0 Å². The number of carbonyl (C=O) groups is 2. The Morgan fingerprint density at radius 1 is 1.06 bits per heavy atom. The van der Waals surface area contributed by atoms with Crippen molar-refractivity contribution in [3.05, 3.63) is 82.7 Å². The van der Waals surface area contributed by atoms with E-state index in [1.165, 1.54) is 4.31 Å². The van der Waals surface area contributed by atoms with Gasteiger partial charge in [-0.3, -0.25) is 4.79 Å². The monoisotopic (exact) mass is 470 g/mol. The molecule has 7 nitrogen and oxygen atoms in total. The van der Waals surface area contributed by atoms with Crippen molar-refractivity contribution in [1.82, 2.24) is 4.31 Å². The fourth-order valence-corrected chi connectivity index (χ4v) is 6.32. The number of nitrogens with one attached hydrogen (secondary N) is 1. The molecule has 32 heavy (non-hydrogen) atoms. The van der Waals surface area contributed by atoms with Crippen LogP contribution in [0.5, 0.6) is 0 Å². The Morgan fingerprint density at radius 2 is 1.78 bits per heavy atom. The van der Waals surface area contributed by atoms with Crippen molar-refractivity contribution in [3.8, 4) is 0 Å². The molecule has 2 aromatic carbocycles. The summed E-state index contributed by atoms with van der Waals surface area (Å²) < 4.78 is 33.1. The number of ether oxygens (including phenoxy) is 1. The van der Waals surface area contributed by atoms with Gasteiger partial charge in [-0.2, -0.15) is 4.31 Å². The number of anilines is 1. The average Bonchev–Trinajstić information content (AvgIpc) is 3.35. The summed E-state index contributed by atoms with van der Waals surface area (Å²) in [6, 6.07) is 16.2. The van der Waals surface area contributed by atoms with Crippen molar-refractivity contribution in [2.75, 3.05) is 11.9 Å². The number of hydrogen-bond donors (Lipinski definition) is 1. The van der Waals surface area contributed by atoms with Crippen LogP contribution >= 0.6 is 11.3 Å². The summed E-state index contributed by atoms with van der Waals surface area (Å²) in [6.45, 7) is 2.12. The summed E-state index contributed by atoms with van der Waals surface area (Å²) in [5, 5.41) is 4.49. The number of carbonyl (C=O) groups excluding carboxylic acids is 2. The molecule has 1 aliphatic rings. The van der Waals surface area contributed by atoms with Gasteiger partial charge in [0, 0.05) is 12.2 Å². The molecule has 0 aliphatic carbocycles. The van der Waals surface area contributed by atoms with Gasteiger partial charge >= 0.3 is 5.97 Å². The van der Waals surface area contributed by atoms with Crippen LogP contribution in [0.15, 0.2) is 70.3 Å². The van der Waals surface area contributed by atoms with Crippen LogP contribution in [0.25, 0.3) is 0 Å². The lowest BCUT2D eigenvalue weighted by atomic mass is 9.95. The molecular weight excluding hydrogens is 448 g/mol. The zero-order valence-corrected chi connectivity index (χ0v) is 19.0. The lowest BCUT2D eigenvalue weighted by Gasteiger charge is -2.34.